The van der Waals surface area contributed by atoms with Crippen LogP contribution in [0.5, 0.6) is 17.4 Å². The Balaban J connectivity index is 1.38. The highest BCUT2D eigenvalue weighted by atomic mass is 19.4. The monoisotopic (exact) mass is 604 g/mol. The Morgan fingerprint density at radius 3 is 2.70 bits per heavy atom. The highest BCUT2D eigenvalue weighted by molar-refractivity contribution is 5.95. The van der Waals surface area contributed by atoms with E-state index < -0.39 is 35.7 Å². The zero-order valence-electron chi connectivity index (χ0n) is 23.9. The molecule has 0 radical (unpaired) electrons. The Labute approximate surface area is 246 Å². The third kappa shape index (κ3) is 7.14. The van der Waals surface area contributed by atoms with E-state index in [0.29, 0.717) is 38.0 Å². The van der Waals surface area contributed by atoms with Crippen LogP contribution in [0.25, 0.3) is 0 Å². The second kappa shape index (κ2) is 12.7. The summed E-state index contributed by atoms with van der Waals surface area (Å²) in [6.07, 6.45) is -4.86. The van der Waals surface area contributed by atoms with Gasteiger partial charge >= 0.3 is 6.18 Å². The van der Waals surface area contributed by atoms with Crippen molar-refractivity contribution in [3.05, 3.63) is 64.8 Å². The number of alkyl halides is 4. The number of ether oxygens (including phenoxy) is 3. The summed E-state index contributed by atoms with van der Waals surface area (Å²) in [6.45, 7) is 1.95. The topological polar surface area (TPSA) is 101 Å². The van der Waals surface area contributed by atoms with Gasteiger partial charge in [0, 0.05) is 37.0 Å². The van der Waals surface area contributed by atoms with Crippen molar-refractivity contribution in [1.82, 2.24) is 25.1 Å². The van der Waals surface area contributed by atoms with E-state index in [1.165, 1.54) is 25.3 Å². The number of fused-ring (bicyclic) bond motifs is 1. The molecule has 2 aromatic carbocycles. The van der Waals surface area contributed by atoms with Crippen molar-refractivity contribution in [3.63, 3.8) is 0 Å². The minimum absolute atomic E-state index is 0.161. The number of amides is 1. The lowest BCUT2D eigenvalue weighted by atomic mass is 10.0. The van der Waals surface area contributed by atoms with Crippen LogP contribution in [-0.4, -0.2) is 78.9 Å². The van der Waals surface area contributed by atoms with Gasteiger partial charge in [0.1, 0.15) is 23.2 Å². The van der Waals surface area contributed by atoms with E-state index in [1.807, 2.05) is 30.0 Å². The number of piperidine rings is 1. The maximum Gasteiger partial charge on any atom is 0.423 e. The summed E-state index contributed by atoms with van der Waals surface area (Å²) in [6, 6.07) is 8.94. The second-order valence-electron chi connectivity index (χ2n) is 10.6. The molecule has 43 heavy (non-hydrogen) atoms. The van der Waals surface area contributed by atoms with Gasteiger partial charge in [-0.15, -0.1) is 0 Å². The van der Waals surface area contributed by atoms with Crippen LogP contribution in [0.1, 0.15) is 33.5 Å². The minimum atomic E-state index is -4.78. The van der Waals surface area contributed by atoms with E-state index in [1.54, 1.807) is 12.1 Å². The van der Waals surface area contributed by atoms with Gasteiger partial charge in [-0.2, -0.15) is 18.2 Å². The number of nitrogens with zero attached hydrogens (tertiary/aromatic N) is 4. The van der Waals surface area contributed by atoms with Crippen molar-refractivity contribution in [2.24, 2.45) is 0 Å². The van der Waals surface area contributed by atoms with E-state index in [4.69, 9.17) is 14.2 Å². The number of likely N-dealkylation sites (tertiary alicyclic amines) is 1. The van der Waals surface area contributed by atoms with Gasteiger partial charge in [0.15, 0.2) is 0 Å². The molecule has 0 spiro atoms. The molecule has 0 unspecified atom stereocenters. The van der Waals surface area contributed by atoms with E-state index in [2.05, 4.69) is 20.6 Å². The van der Waals surface area contributed by atoms with Gasteiger partial charge in [0.25, 0.3) is 5.91 Å². The molecule has 5 rings (SSSR count). The molecule has 230 valence electrons. The minimum Gasteiger partial charge on any atom is -0.495 e. The lowest BCUT2D eigenvalue weighted by Gasteiger charge is -2.32. The molecular weight excluding hydrogens is 572 g/mol. The summed E-state index contributed by atoms with van der Waals surface area (Å²) in [5.74, 6) is -0.960. The van der Waals surface area contributed by atoms with E-state index in [0.717, 1.165) is 5.56 Å². The van der Waals surface area contributed by atoms with Crippen LogP contribution in [0.3, 0.4) is 0 Å². The van der Waals surface area contributed by atoms with Crippen molar-refractivity contribution in [1.29, 1.82) is 0 Å². The van der Waals surface area contributed by atoms with Gasteiger partial charge in [-0.05, 0) is 50.3 Å². The fourth-order valence-corrected chi connectivity index (χ4v) is 4.99. The number of hydrogen-bond donors (Lipinski definition) is 2. The fourth-order valence-electron chi connectivity index (χ4n) is 4.99. The Hall–Kier alpha value is -4.01. The first kappa shape index (κ1) is 30.4. The smallest absolute Gasteiger partial charge is 0.423 e. The predicted molar refractivity (Wildman–Crippen MR) is 149 cm³/mol. The van der Waals surface area contributed by atoms with Crippen LogP contribution in [0.2, 0.25) is 0 Å². The normalized spacial score (nSPS) is 19.7. The number of rotatable bonds is 7. The Morgan fingerprint density at radius 1 is 1.14 bits per heavy atom. The summed E-state index contributed by atoms with van der Waals surface area (Å²) < 4.78 is 73.0. The van der Waals surface area contributed by atoms with Gasteiger partial charge in [-0.1, -0.05) is 12.1 Å². The molecule has 2 atom stereocenters. The summed E-state index contributed by atoms with van der Waals surface area (Å²) in [4.78, 5) is 24.5. The van der Waals surface area contributed by atoms with Gasteiger partial charge < -0.3 is 29.7 Å². The number of hydrogen-bond acceptors (Lipinski definition) is 9. The standard InChI is InChI=1S/C29H32F4N6O4/c1-38-10-9-22(21(30)14-38)35-26(40)17-7-8-23(25(11-17)41-3)36-28-34-12-20(29(31,32)33)27(37-28)43-24-6-4-5-18-13-39(2)16-42-15-19(18)24/h4-8,11-12,21-22H,9-10,13-16H2,1-3H3,(H,35,40)(H,34,36,37)/t21-,22+/m0/s1. The number of anilines is 2. The van der Waals surface area contributed by atoms with E-state index in [-0.39, 0.29) is 41.8 Å². The first-order chi connectivity index (χ1) is 20.5. The van der Waals surface area contributed by atoms with Crippen LogP contribution in [0, 0.1) is 0 Å². The molecule has 0 aliphatic carbocycles. The lowest BCUT2D eigenvalue weighted by molar-refractivity contribution is -0.139. The molecular formula is C29H32F4N6O4. The molecule has 2 N–H and O–H groups in total. The molecule has 10 nitrogen and oxygen atoms in total. The van der Waals surface area contributed by atoms with Gasteiger partial charge in [-0.25, -0.2) is 9.37 Å². The number of benzene rings is 2. The first-order valence-corrected chi connectivity index (χ1v) is 13.6. The van der Waals surface area contributed by atoms with Crippen LogP contribution in [0.4, 0.5) is 29.2 Å². The number of halogens is 4. The van der Waals surface area contributed by atoms with Crippen molar-refractivity contribution < 1.29 is 36.6 Å². The van der Waals surface area contributed by atoms with Crippen LogP contribution >= 0.6 is 0 Å². The summed E-state index contributed by atoms with van der Waals surface area (Å²) >= 11 is 0. The summed E-state index contributed by atoms with van der Waals surface area (Å²) in [7, 11) is 5.06. The third-order valence-corrected chi connectivity index (χ3v) is 7.27. The fraction of sp³-hybridized carbons (Fsp3) is 0.414. The molecule has 1 saturated heterocycles. The second-order valence-corrected chi connectivity index (χ2v) is 10.6. The van der Waals surface area contributed by atoms with Crippen molar-refractivity contribution in [2.45, 2.75) is 38.0 Å². The Morgan fingerprint density at radius 2 is 1.95 bits per heavy atom. The molecule has 14 heteroatoms. The largest absolute Gasteiger partial charge is 0.495 e. The maximum atomic E-state index is 14.4. The zero-order valence-corrected chi connectivity index (χ0v) is 23.9. The molecule has 1 amide bonds. The van der Waals surface area contributed by atoms with Crippen molar-refractivity contribution >= 4 is 17.5 Å². The lowest BCUT2D eigenvalue weighted by Crippen LogP contribution is -2.51. The highest BCUT2D eigenvalue weighted by Gasteiger charge is 2.37. The molecule has 3 aromatic rings. The quantitative estimate of drug-likeness (QED) is 0.371. The van der Waals surface area contributed by atoms with Crippen LogP contribution < -0.4 is 20.1 Å². The molecule has 3 heterocycles. The van der Waals surface area contributed by atoms with Crippen molar-refractivity contribution in [2.75, 3.05) is 46.3 Å². The molecule has 2 aliphatic rings. The number of nitrogens with one attached hydrogen (secondary N) is 2. The molecule has 1 aromatic heterocycles. The average molecular weight is 605 g/mol. The van der Waals surface area contributed by atoms with Gasteiger partial charge in [0.2, 0.25) is 11.8 Å². The number of aromatic nitrogens is 2. The average Bonchev–Trinajstić information content (AvgIpc) is 3.15. The predicted octanol–water partition coefficient (Wildman–Crippen LogP) is 4.73. The Kier molecular flexibility index (Phi) is 8.99. The van der Waals surface area contributed by atoms with Crippen LogP contribution in [-0.2, 0) is 24.1 Å². The first-order valence-electron chi connectivity index (χ1n) is 13.6. The molecule has 2 aliphatic heterocycles. The SMILES string of the molecule is COc1cc(C(=O)N[C@@H]2CCN(C)C[C@@H]2F)ccc1Nc1ncc(C(F)(F)F)c(Oc2cccc3c2COCN(C)C3)n1. The van der Waals surface area contributed by atoms with Crippen LogP contribution in [0.15, 0.2) is 42.6 Å². The number of carbonyl (C=O) groups is 1. The van der Waals surface area contributed by atoms with E-state index in [9.17, 15) is 22.4 Å². The number of carbonyl (C=O) groups excluding carboxylic acids is 1. The molecule has 0 saturated carbocycles. The zero-order chi connectivity index (χ0) is 30.7. The highest BCUT2D eigenvalue weighted by Crippen LogP contribution is 2.39. The third-order valence-electron chi connectivity index (χ3n) is 7.27. The van der Waals surface area contributed by atoms with Gasteiger partial charge in [-0.3, -0.25) is 9.69 Å². The molecule has 1 fully saturated rings. The summed E-state index contributed by atoms with van der Waals surface area (Å²) in [5, 5.41) is 5.57. The van der Waals surface area contributed by atoms with Gasteiger partial charge in [0.05, 0.1) is 32.2 Å². The molecule has 0 bridgehead atoms. The number of methoxy groups -OCH3 is 1. The van der Waals surface area contributed by atoms with Crippen molar-refractivity contribution in [3.8, 4) is 17.4 Å². The maximum absolute atomic E-state index is 14.4. The van der Waals surface area contributed by atoms with E-state index >= 15 is 0 Å². The Bertz CT molecular complexity index is 1470. The summed E-state index contributed by atoms with van der Waals surface area (Å²) in [5.41, 5.74) is 0.857.